The van der Waals surface area contributed by atoms with Crippen LogP contribution in [0, 0.1) is 6.92 Å². The molecule has 0 aliphatic carbocycles. The quantitative estimate of drug-likeness (QED) is 0.803. The lowest BCUT2D eigenvalue weighted by atomic mass is 10.3. The molecule has 1 unspecified atom stereocenters. The molecule has 1 heterocycles. The van der Waals surface area contributed by atoms with Crippen LogP contribution >= 0.6 is 11.3 Å². The summed E-state index contributed by atoms with van der Waals surface area (Å²) in [6.45, 7) is 6.22. The Kier molecular flexibility index (Phi) is 4.51. The first-order chi connectivity index (χ1) is 6.61. The average Bonchev–Trinajstić information content (AvgIpc) is 2.50. The molecule has 1 aromatic rings. The first kappa shape index (κ1) is 11.6. The van der Waals surface area contributed by atoms with E-state index in [0.29, 0.717) is 6.04 Å². The summed E-state index contributed by atoms with van der Waals surface area (Å²) in [5.41, 5.74) is 1.18. The molecule has 4 heteroatoms. The lowest BCUT2D eigenvalue weighted by Gasteiger charge is -2.19. The topological polar surface area (TPSA) is 28.2 Å². The fourth-order valence-corrected chi connectivity index (χ4v) is 1.98. The van der Waals surface area contributed by atoms with E-state index in [-0.39, 0.29) is 0 Å². The Bertz CT molecular complexity index is 272. The van der Waals surface area contributed by atoms with E-state index in [1.807, 2.05) is 14.0 Å². The van der Waals surface area contributed by atoms with Crippen molar-refractivity contribution in [3.05, 3.63) is 16.1 Å². The summed E-state index contributed by atoms with van der Waals surface area (Å²) < 4.78 is 0. The molecule has 0 aliphatic rings. The molecular weight excluding hydrogens is 194 g/mol. The van der Waals surface area contributed by atoms with Crippen LogP contribution in [-0.4, -0.2) is 36.6 Å². The molecule has 0 aromatic carbocycles. The number of nitrogens with zero attached hydrogens (tertiary/aromatic N) is 2. The molecule has 0 amide bonds. The molecule has 1 rings (SSSR count). The lowest BCUT2D eigenvalue weighted by Crippen LogP contribution is -2.35. The van der Waals surface area contributed by atoms with Gasteiger partial charge in [0, 0.05) is 24.5 Å². The van der Waals surface area contributed by atoms with Crippen LogP contribution < -0.4 is 5.32 Å². The van der Waals surface area contributed by atoms with Gasteiger partial charge >= 0.3 is 0 Å². The Labute approximate surface area is 90.2 Å². The van der Waals surface area contributed by atoms with E-state index in [2.05, 4.69) is 34.6 Å². The molecule has 1 N–H and O–H groups in total. The Hall–Kier alpha value is -0.450. The summed E-state index contributed by atoms with van der Waals surface area (Å²) >= 11 is 1.72. The highest BCUT2D eigenvalue weighted by atomic mass is 32.1. The van der Waals surface area contributed by atoms with Gasteiger partial charge in [-0.15, -0.1) is 11.3 Å². The van der Waals surface area contributed by atoms with Crippen molar-refractivity contribution >= 4 is 11.3 Å². The molecular formula is C10H19N3S. The second-order valence-corrected chi connectivity index (χ2v) is 4.81. The van der Waals surface area contributed by atoms with Gasteiger partial charge < -0.3 is 5.32 Å². The number of hydrogen-bond donors (Lipinski definition) is 1. The Morgan fingerprint density at radius 3 is 2.86 bits per heavy atom. The molecule has 1 aromatic heterocycles. The largest absolute Gasteiger partial charge is 0.316 e. The van der Waals surface area contributed by atoms with Crippen LogP contribution in [0.3, 0.4) is 0 Å². The van der Waals surface area contributed by atoms with Crippen LogP contribution in [0.5, 0.6) is 0 Å². The van der Waals surface area contributed by atoms with Gasteiger partial charge in [0.15, 0.2) is 0 Å². The van der Waals surface area contributed by atoms with E-state index in [0.717, 1.165) is 18.1 Å². The molecule has 14 heavy (non-hydrogen) atoms. The summed E-state index contributed by atoms with van der Waals surface area (Å²) in [6, 6.07) is 0.528. The van der Waals surface area contributed by atoms with Gasteiger partial charge in [-0.1, -0.05) is 0 Å². The minimum absolute atomic E-state index is 0.528. The second kappa shape index (κ2) is 5.44. The van der Waals surface area contributed by atoms with Crippen molar-refractivity contribution in [3.63, 3.8) is 0 Å². The van der Waals surface area contributed by atoms with Gasteiger partial charge in [-0.05, 0) is 27.9 Å². The molecule has 0 bridgehead atoms. The predicted octanol–water partition coefficient (Wildman–Crippen LogP) is 1.49. The third-order valence-electron chi connectivity index (χ3n) is 2.18. The van der Waals surface area contributed by atoms with Gasteiger partial charge in [-0.2, -0.15) is 0 Å². The molecule has 0 saturated carbocycles. The second-order valence-electron chi connectivity index (χ2n) is 3.74. The van der Waals surface area contributed by atoms with Gasteiger partial charge in [0.2, 0.25) is 0 Å². The Morgan fingerprint density at radius 1 is 1.64 bits per heavy atom. The first-order valence-corrected chi connectivity index (χ1v) is 5.76. The number of likely N-dealkylation sites (N-methyl/N-ethyl adjacent to an activating group) is 2. The van der Waals surface area contributed by atoms with E-state index in [4.69, 9.17) is 0 Å². The number of aryl methyl sites for hydroxylation is 1. The number of aromatic nitrogens is 1. The average molecular weight is 213 g/mol. The Morgan fingerprint density at radius 2 is 2.36 bits per heavy atom. The standard InChI is InChI=1S/C10H19N3S/c1-8(11-3)5-13(4)6-10-7-14-9(2)12-10/h7-8,11H,5-6H2,1-4H3. The van der Waals surface area contributed by atoms with Crippen LogP contribution in [0.4, 0.5) is 0 Å². The maximum absolute atomic E-state index is 4.44. The SMILES string of the molecule is CNC(C)CN(C)Cc1csc(C)n1. The van der Waals surface area contributed by atoms with Crippen molar-refractivity contribution in [2.45, 2.75) is 26.4 Å². The van der Waals surface area contributed by atoms with Crippen molar-refractivity contribution < 1.29 is 0 Å². The molecule has 3 nitrogen and oxygen atoms in total. The molecule has 80 valence electrons. The highest BCUT2D eigenvalue weighted by Crippen LogP contribution is 2.09. The molecule has 0 radical (unpaired) electrons. The minimum Gasteiger partial charge on any atom is -0.316 e. The number of hydrogen-bond acceptors (Lipinski definition) is 4. The third kappa shape index (κ3) is 3.74. The summed E-state index contributed by atoms with van der Waals surface area (Å²) in [5, 5.41) is 6.51. The smallest absolute Gasteiger partial charge is 0.0897 e. The fraction of sp³-hybridized carbons (Fsp3) is 0.700. The van der Waals surface area contributed by atoms with Gasteiger partial charge in [0.1, 0.15) is 0 Å². The highest BCUT2D eigenvalue weighted by molar-refractivity contribution is 7.09. The van der Waals surface area contributed by atoms with E-state index in [1.54, 1.807) is 11.3 Å². The summed E-state index contributed by atoms with van der Waals surface area (Å²) in [7, 11) is 4.12. The van der Waals surface area contributed by atoms with Gasteiger partial charge in [-0.3, -0.25) is 4.90 Å². The minimum atomic E-state index is 0.528. The van der Waals surface area contributed by atoms with Crippen LogP contribution in [-0.2, 0) is 6.54 Å². The number of rotatable bonds is 5. The van der Waals surface area contributed by atoms with Gasteiger partial charge in [0.25, 0.3) is 0 Å². The predicted molar refractivity (Wildman–Crippen MR) is 61.7 cm³/mol. The molecule has 0 saturated heterocycles. The monoisotopic (exact) mass is 213 g/mol. The van der Waals surface area contributed by atoms with Crippen LogP contribution in [0.1, 0.15) is 17.6 Å². The zero-order chi connectivity index (χ0) is 10.6. The van der Waals surface area contributed by atoms with Crippen molar-refractivity contribution in [2.24, 2.45) is 0 Å². The van der Waals surface area contributed by atoms with Crippen molar-refractivity contribution in [1.29, 1.82) is 0 Å². The third-order valence-corrected chi connectivity index (χ3v) is 3.00. The van der Waals surface area contributed by atoms with Crippen LogP contribution in [0.15, 0.2) is 5.38 Å². The van der Waals surface area contributed by atoms with E-state index < -0.39 is 0 Å². The van der Waals surface area contributed by atoms with E-state index in [1.165, 1.54) is 5.69 Å². The van der Waals surface area contributed by atoms with Crippen LogP contribution in [0.2, 0.25) is 0 Å². The zero-order valence-electron chi connectivity index (χ0n) is 9.37. The van der Waals surface area contributed by atoms with Crippen molar-refractivity contribution in [1.82, 2.24) is 15.2 Å². The summed E-state index contributed by atoms with van der Waals surface area (Å²) in [6.07, 6.45) is 0. The molecule has 0 fully saturated rings. The highest BCUT2D eigenvalue weighted by Gasteiger charge is 2.06. The molecule has 0 spiro atoms. The lowest BCUT2D eigenvalue weighted by molar-refractivity contribution is 0.293. The molecule has 1 atom stereocenters. The fourth-order valence-electron chi connectivity index (χ4n) is 1.38. The number of nitrogens with one attached hydrogen (secondary N) is 1. The Balaban J connectivity index is 2.37. The molecule has 0 aliphatic heterocycles. The first-order valence-electron chi connectivity index (χ1n) is 4.88. The van der Waals surface area contributed by atoms with E-state index >= 15 is 0 Å². The maximum Gasteiger partial charge on any atom is 0.0897 e. The van der Waals surface area contributed by atoms with Gasteiger partial charge in [-0.25, -0.2) is 4.98 Å². The van der Waals surface area contributed by atoms with Crippen LogP contribution in [0.25, 0.3) is 0 Å². The zero-order valence-corrected chi connectivity index (χ0v) is 10.2. The maximum atomic E-state index is 4.44. The normalized spacial score (nSPS) is 13.5. The van der Waals surface area contributed by atoms with Crippen molar-refractivity contribution in [2.75, 3.05) is 20.6 Å². The van der Waals surface area contributed by atoms with E-state index in [9.17, 15) is 0 Å². The van der Waals surface area contributed by atoms with Gasteiger partial charge in [0.05, 0.1) is 10.7 Å². The summed E-state index contributed by atoms with van der Waals surface area (Å²) in [5.74, 6) is 0. The number of thiazole rings is 1. The van der Waals surface area contributed by atoms with Crippen molar-refractivity contribution in [3.8, 4) is 0 Å². The summed E-state index contributed by atoms with van der Waals surface area (Å²) in [4.78, 5) is 6.73.